The number of rotatable bonds is 5. The van der Waals surface area contributed by atoms with Crippen molar-refractivity contribution in [2.24, 2.45) is 5.92 Å². The number of aryl methyl sites for hydroxylation is 1. The van der Waals surface area contributed by atoms with Crippen molar-refractivity contribution in [2.75, 3.05) is 39.3 Å². The maximum absolute atomic E-state index is 13.0. The van der Waals surface area contributed by atoms with Crippen molar-refractivity contribution in [1.29, 1.82) is 0 Å². The predicted molar refractivity (Wildman–Crippen MR) is 118 cm³/mol. The number of hydrogen-bond acceptors (Lipinski definition) is 4. The zero-order chi connectivity index (χ0) is 21.8. The van der Waals surface area contributed by atoms with E-state index in [-0.39, 0.29) is 30.1 Å². The molecule has 0 aromatic heterocycles. The minimum Gasteiger partial charge on any atom is -0.353 e. The van der Waals surface area contributed by atoms with Crippen molar-refractivity contribution in [3.8, 4) is 0 Å². The average molecular weight is 427 g/mol. The lowest BCUT2D eigenvalue weighted by molar-refractivity contribution is -0.142. The molecule has 1 aromatic carbocycles. The van der Waals surface area contributed by atoms with E-state index in [2.05, 4.69) is 29.3 Å². The summed E-state index contributed by atoms with van der Waals surface area (Å²) in [5.74, 6) is 0.259. The van der Waals surface area contributed by atoms with Crippen molar-refractivity contribution < 1.29 is 14.4 Å². The Morgan fingerprint density at radius 1 is 1.00 bits per heavy atom. The second kappa shape index (κ2) is 9.81. The molecule has 3 aliphatic heterocycles. The Bertz CT molecular complexity index is 813. The van der Waals surface area contributed by atoms with E-state index < -0.39 is 6.04 Å². The van der Waals surface area contributed by atoms with Crippen LogP contribution in [0.3, 0.4) is 0 Å². The van der Waals surface area contributed by atoms with E-state index in [4.69, 9.17) is 0 Å². The SMILES string of the molecule is Cc1ccccc1CN1CCNC(=O)C1CC(=O)N1CCC(C(=O)N2CCCC2)CC1. The second-order valence-corrected chi connectivity index (χ2v) is 9.10. The van der Waals surface area contributed by atoms with E-state index in [1.54, 1.807) is 0 Å². The molecule has 168 valence electrons. The van der Waals surface area contributed by atoms with Crippen molar-refractivity contribution in [1.82, 2.24) is 20.0 Å². The molecule has 1 unspecified atom stereocenters. The molecule has 7 heteroatoms. The molecule has 0 spiro atoms. The van der Waals surface area contributed by atoms with Gasteiger partial charge in [0.15, 0.2) is 0 Å². The molecule has 31 heavy (non-hydrogen) atoms. The molecule has 3 amide bonds. The summed E-state index contributed by atoms with van der Waals surface area (Å²) in [6, 6.07) is 7.75. The third-order valence-electron chi connectivity index (χ3n) is 7.06. The van der Waals surface area contributed by atoms with Crippen LogP contribution in [-0.2, 0) is 20.9 Å². The first-order valence-electron chi connectivity index (χ1n) is 11.7. The van der Waals surface area contributed by atoms with Gasteiger partial charge in [-0.15, -0.1) is 0 Å². The van der Waals surface area contributed by atoms with Gasteiger partial charge in [0.1, 0.15) is 0 Å². The van der Waals surface area contributed by atoms with E-state index in [9.17, 15) is 14.4 Å². The molecule has 7 nitrogen and oxygen atoms in total. The van der Waals surface area contributed by atoms with Crippen LogP contribution < -0.4 is 5.32 Å². The lowest BCUT2D eigenvalue weighted by Gasteiger charge is -2.37. The van der Waals surface area contributed by atoms with E-state index >= 15 is 0 Å². The number of hydrogen-bond donors (Lipinski definition) is 1. The third kappa shape index (κ3) is 5.09. The van der Waals surface area contributed by atoms with Crippen LogP contribution in [0.15, 0.2) is 24.3 Å². The lowest BCUT2D eigenvalue weighted by atomic mass is 9.94. The highest BCUT2D eigenvalue weighted by Gasteiger charge is 2.35. The Balaban J connectivity index is 1.33. The number of nitrogens with one attached hydrogen (secondary N) is 1. The van der Waals surface area contributed by atoms with E-state index in [1.165, 1.54) is 11.1 Å². The molecule has 1 atom stereocenters. The molecule has 3 heterocycles. The highest BCUT2D eigenvalue weighted by Crippen LogP contribution is 2.24. The molecule has 3 saturated heterocycles. The normalized spacial score (nSPS) is 23.1. The zero-order valence-electron chi connectivity index (χ0n) is 18.5. The van der Waals surface area contributed by atoms with Gasteiger partial charge in [-0.1, -0.05) is 24.3 Å². The Morgan fingerprint density at radius 2 is 1.71 bits per heavy atom. The molecule has 0 radical (unpaired) electrons. The average Bonchev–Trinajstić information content (AvgIpc) is 3.32. The molecule has 0 aliphatic carbocycles. The van der Waals surface area contributed by atoms with E-state index in [0.29, 0.717) is 26.2 Å². The molecule has 1 aromatic rings. The van der Waals surface area contributed by atoms with Gasteiger partial charge in [-0.3, -0.25) is 19.3 Å². The molecule has 3 fully saturated rings. The van der Waals surface area contributed by atoms with E-state index in [0.717, 1.165) is 45.3 Å². The molecular formula is C24H34N4O3. The van der Waals surface area contributed by atoms with Gasteiger partial charge in [-0.2, -0.15) is 0 Å². The number of likely N-dealkylation sites (tertiary alicyclic amines) is 2. The lowest BCUT2D eigenvalue weighted by Crippen LogP contribution is -2.56. The number of piperidine rings is 1. The summed E-state index contributed by atoms with van der Waals surface area (Å²) in [6.45, 7) is 7.07. The summed E-state index contributed by atoms with van der Waals surface area (Å²) in [5, 5.41) is 2.92. The van der Waals surface area contributed by atoms with Gasteiger partial charge >= 0.3 is 0 Å². The second-order valence-electron chi connectivity index (χ2n) is 9.10. The minimum absolute atomic E-state index is 0.0175. The predicted octanol–water partition coefficient (Wildman–Crippen LogP) is 1.55. The van der Waals surface area contributed by atoms with Crippen LogP contribution in [-0.4, -0.2) is 77.7 Å². The number of carbonyl (C=O) groups is 3. The van der Waals surface area contributed by atoms with Crippen LogP contribution in [0, 0.1) is 12.8 Å². The Morgan fingerprint density at radius 3 is 2.42 bits per heavy atom. The van der Waals surface area contributed by atoms with Crippen LogP contribution in [0.25, 0.3) is 0 Å². The topological polar surface area (TPSA) is 73.0 Å². The van der Waals surface area contributed by atoms with Gasteiger partial charge in [0.05, 0.1) is 12.5 Å². The largest absolute Gasteiger partial charge is 0.353 e. The van der Waals surface area contributed by atoms with Crippen LogP contribution in [0.5, 0.6) is 0 Å². The molecule has 4 rings (SSSR count). The van der Waals surface area contributed by atoms with Crippen LogP contribution in [0.1, 0.15) is 43.2 Å². The fraction of sp³-hybridized carbons (Fsp3) is 0.625. The summed E-state index contributed by atoms with van der Waals surface area (Å²) in [7, 11) is 0. The standard InChI is InChI=1S/C24H34N4O3/c1-18-6-2-3-7-20(18)17-28-15-10-25-23(30)21(28)16-22(29)26-13-8-19(9-14-26)24(31)27-11-4-5-12-27/h2-3,6-7,19,21H,4-5,8-17H2,1H3,(H,25,30). The Kier molecular flexibility index (Phi) is 6.90. The first kappa shape index (κ1) is 21.8. The first-order chi connectivity index (χ1) is 15.0. The summed E-state index contributed by atoms with van der Waals surface area (Å²) >= 11 is 0. The van der Waals surface area contributed by atoms with Gasteiger partial charge in [0.25, 0.3) is 0 Å². The van der Waals surface area contributed by atoms with Crippen molar-refractivity contribution in [2.45, 2.75) is 51.6 Å². The van der Waals surface area contributed by atoms with Gasteiger partial charge in [0, 0.05) is 51.7 Å². The maximum atomic E-state index is 13.0. The third-order valence-corrected chi connectivity index (χ3v) is 7.06. The quantitative estimate of drug-likeness (QED) is 0.775. The number of carbonyl (C=O) groups excluding carboxylic acids is 3. The Labute approximate surface area is 184 Å². The van der Waals surface area contributed by atoms with Gasteiger partial charge in [-0.25, -0.2) is 0 Å². The first-order valence-corrected chi connectivity index (χ1v) is 11.7. The number of amides is 3. The maximum Gasteiger partial charge on any atom is 0.237 e. The molecule has 1 N–H and O–H groups in total. The van der Waals surface area contributed by atoms with Gasteiger partial charge < -0.3 is 15.1 Å². The summed E-state index contributed by atoms with van der Waals surface area (Å²) in [5.41, 5.74) is 2.39. The van der Waals surface area contributed by atoms with E-state index in [1.807, 2.05) is 21.9 Å². The van der Waals surface area contributed by atoms with Crippen LogP contribution in [0.2, 0.25) is 0 Å². The van der Waals surface area contributed by atoms with Crippen molar-refractivity contribution in [3.05, 3.63) is 35.4 Å². The smallest absolute Gasteiger partial charge is 0.237 e. The van der Waals surface area contributed by atoms with Crippen LogP contribution in [0.4, 0.5) is 0 Å². The van der Waals surface area contributed by atoms with Gasteiger partial charge in [0.2, 0.25) is 17.7 Å². The van der Waals surface area contributed by atoms with Crippen molar-refractivity contribution in [3.63, 3.8) is 0 Å². The fourth-order valence-corrected chi connectivity index (χ4v) is 5.05. The van der Waals surface area contributed by atoms with Crippen molar-refractivity contribution >= 4 is 17.7 Å². The molecular weight excluding hydrogens is 392 g/mol. The van der Waals surface area contributed by atoms with Crippen LogP contribution >= 0.6 is 0 Å². The molecule has 0 bridgehead atoms. The minimum atomic E-state index is -0.440. The molecule has 3 aliphatic rings. The Hall–Kier alpha value is -2.41. The number of piperazine rings is 1. The summed E-state index contributed by atoms with van der Waals surface area (Å²) in [6.07, 6.45) is 3.86. The zero-order valence-corrected chi connectivity index (χ0v) is 18.5. The van der Waals surface area contributed by atoms with Gasteiger partial charge in [-0.05, 0) is 43.7 Å². The highest BCUT2D eigenvalue weighted by atomic mass is 16.2. The summed E-state index contributed by atoms with van der Waals surface area (Å²) in [4.78, 5) is 44.3. The number of benzene rings is 1. The highest BCUT2D eigenvalue weighted by molar-refractivity contribution is 5.89. The fourth-order valence-electron chi connectivity index (χ4n) is 5.05. The number of nitrogens with zero attached hydrogens (tertiary/aromatic N) is 3. The monoisotopic (exact) mass is 426 g/mol. The molecule has 0 saturated carbocycles. The summed E-state index contributed by atoms with van der Waals surface area (Å²) < 4.78 is 0.